The molecule has 1 aliphatic rings. The molecule has 3 heterocycles. The van der Waals surface area contributed by atoms with Crippen LogP contribution in [0.15, 0.2) is 38.8 Å². The molecule has 0 amide bonds. The van der Waals surface area contributed by atoms with E-state index in [0.29, 0.717) is 11.7 Å². The molecule has 2 N–H and O–H groups in total. The summed E-state index contributed by atoms with van der Waals surface area (Å²) in [6, 6.07) is 6.16. The van der Waals surface area contributed by atoms with Crippen LogP contribution in [0.4, 0.5) is 0 Å². The van der Waals surface area contributed by atoms with Crippen LogP contribution in [0.2, 0.25) is 0 Å². The minimum absolute atomic E-state index is 0.00541. The Morgan fingerprint density at radius 1 is 1.42 bits per heavy atom. The summed E-state index contributed by atoms with van der Waals surface area (Å²) in [5.41, 5.74) is 4.11. The lowest BCUT2D eigenvalue weighted by Gasteiger charge is -2.27. The van der Waals surface area contributed by atoms with Gasteiger partial charge < -0.3 is 9.97 Å². The first-order chi connectivity index (χ1) is 11.7. The maximum Gasteiger partial charge on any atom is 0.256 e. The Hall–Kier alpha value is -1.57. The molecule has 0 fully saturated rings. The molecule has 0 spiro atoms. The maximum atomic E-state index is 12.3. The normalized spacial score (nSPS) is 14.9. The van der Waals surface area contributed by atoms with Crippen LogP contribution >= 0.6 is 27.7 Å². The highest BCUT2D eigenvalue weighted by molar-refractivity contribution is 9.10. The molecule has 24 heavy (non-hydrogen) atoms. The number of nitrogens with one attached hydrogen (secondary N) is 2. The number of H-pyrrole nitrogens is 2. The first-order valence-electron chi connectivity index (χ1n) is 7.78. The van der Waals surface area contributed by atoms with Crippen LogP contribution < -0.4 is 5.56 Å². The summed E-state index contributed by atoms with van der Waals surface area (Å²) >= 11 is 5.11. The van der Waals surface area contributed by atoms with E-state index >= 15 is 0 Å². The standard InChI is InChI=1S/C17H17BrN4OS/c1-24-17-20-13-5-6-22(9-11(13)16(23)21-17)8-10-7-19-14-4-2-3-12(18)15(10)14/h2-4,7,19H,5-6,8-9H2,1H3,(H,20,21,23). The second kappa shape index (κ2) is 6.38. The van der Waals surface area contributed by atoms with Gasteiger partial charge in [-0.25, -0.2) is 4.98 Å². The van der Waals surface area contributed by atoms with Gasteiger partial charge in [-0.2, -0.15) is 0 Å². The van der Waals surface area contributed by atoms with E-state index in [2.05, 4.69) is 54.1 Å². The fourth-order valence-corrected chi connectivity index (χ4v) is 4.28. The lowest BCUT2D eigenvalue weighted by atomic mass is 10.1. The molecule has 0 saturated heterocycles. The molecule has 1 aromatic carbocycles. The molecule has 0 unspecified atom stereocenters. The first-order valence-corrected chi connectivity index (χ1v) is 9.80. The molecular formula is C17H17BrN4OS. The minimum atomic E-state index is -0.00541. The Kier molecular flexibility index (Phi) is 4.24. The van der Waals surface area contributed by atoms with Crippen LogP contribution in [-0.4, -0.2) is 32.7 Å². The minimum Gasteiger partial charge on any atom is -0.361 e. The highest BCUT2D eigenvalue weighted by atomic mass is 79.9. The van der Waals surface area contributed by atoms with Crippen LogP contribution in [0.5, 0.6) is 0 Å². The quantitative estimate of drug-likeness (QED) is 0.519. The number of aromatic amines is 2. The van der Waals surface area contributed by atoms with Gasteiger partial charge >= 0.3 is 0 Å². The van der Waals surface area contributed by atoms with Gasteiger partial charge in [-0.1, -0.05) is 33.8 Å². The highest BCUT2D eigenvalue weighted by Gasteiger charge is 2.22. The summed E-state index contributed by atoms with van der Waals surface area (Å²) in [5, 5.41) is 1.92. The van der Waals surface area contributed by atoms with Gasteiger partial charge in [-0.3, -0.25) is 9.69 Å². The molecule has 3 aromatic rings. The summed E-state index contributed by atoms with van der Waals surface area (Å²) < 4.78 is 1.10. The smallest absolute Gasteiger partial charge is 0.256 e. The second-order valence-corrected chi connectivity index (χ2v) is 7.59. The average Bonchev–Trinajstić information content (AvgIpc) is 2.99. The van der Waals surface area contributed by atoms with E-state index in [1.54, 1.807) is 0 Å². The molecule has 0 saturated carbocycles. The molecule has 1 aliphatic heterocycles. The number of hydrogen-bond acceptors (Lipinski definition) is 4. The third-order valence-electron chi connectivity index (χ3n) is 4.45. The second-order valence-electron chi connectivity index (χ2n) is 5.94. The number of fused-ring (bicyclic) bond motifs is 2. The van der Waals surface area contributed by atoms with Crippen molar-refractivity contribution in [3.63, 3.8) is 0 Å². The lowest BCUT2D eigenvalue weighted by molar-refractivity contribution is 0.242. The summed E-state index contributed by atoms with van der Waals surface area (Å²) in [6.45, 7) is 2.36. The number of aromatic nitrogens is 3. The first kappa shape index (κ1) is 15.9. The van der Waals surface area contributed by atoms with E-state index in [-0.39, 0.29) is 5.56 Å². The van der Waals surface area contributed by atoms with E-state index < -0.39 is 0 Å². The van der Waals surface area contributed by atoms with Crippen LogP contribution in [0.1, 0.15) is 16.8 Å². The SMILES string of the molecule is CSc1nc2c(c(=O)[nH]1)CN(Cc1c[nH]c3cccc(Br)c13)CC2. The maximum absolute atomic E-state index is 12.3. The Balaban J connectivity index is 1.62. The van der Waals surface area contributed by atoms with Gasteiger partial charge in [-0.05, 0) is 24.0 Å². The third kappa shape index (κ3) is 2.81. The van der Waals surface area contributed by atoms with Crippen LogP contribution in [0.25, 0.3) is 10.9 Å². The summed E-state index contributed by atoms with van der Waals surface area (Å²) in [5.74, 6) is 0. The molecule has 0 atom stereocenters. The van der Waals surface area contributed by atoms with Crippen molar-refractivity contribution in [2.45, 2.75) is 24.7 Å². The molecule has 0 radical (unpaired) electrons. The Bertz CT molecular complexity index is 965. The lowest BCUT2D eigenvalue weighted by Crippen LogP contribution is -2.35. The van der Waals surface area contributed by atoms with Crippen molar-refractivity contribution in [3.8, 4) is 0 Å². The molecule has 0 bridgehead atoms. The number of rotatable bonds is 3. The fraction of sp³-hybridized carbons (Fsp3) is 0.294. The van der Waals surface area contributed by atoms with Gasteiger partial charge in [-0.15, -0.1) is 0 Å². The van der Waals surface area contributed by atoms with E-state index in [9.17, 15) is 4.79 Å². The van der Waals surface area contributed by atoms with Crippen molar-refractivity contribution in [2.24, 2.45) is 0 Å². The molecule has 124 valence electrons. The molecule has 0 aliphatic carbocycles. The van der Waals surface area contributed by atoms with Crippen molar-refractivity contribution in [3.05, 3.63) is 56.0 Å². The monoisotopic (exact) mass is 404 g/mol. The number of halogens is 1. The van der Waals surface area contributed by atoms with E-state index in [4.69, 9.17) is 0 Å². The predicted molar refractivity (Wildman–Crippen MR) is 100 cm³/mol. The zero-order valence-electron chi connectivity index (χ0n) is 13.2. The Morgan fingerprint density at radius 3 is 3.12 bits per heavy atom. The van der Waals surface area contributed by atoms with Gasteiger partial charge in [0.25, 0.3) is 5.56 Å². The van der Waals surface area contributed by atoms with E-state index in [0.717, 1.165) is 40.8 Å². The number of nitrogens with zero attached hydrogens (tertiary/aromatic N) is 2. The van der Waals surface area contributed by atoms with Crippen molar-refractivity contribution in [1.82, 2.24) is 19.9 Å². The highest BCUT2D eigenvalue weighted by Crippen LogP contribution is 2.28. The van der Waals surface area contributed by atoms with Crippen molar-refractivity contribution >= 4 is 38.6 Å². The number of benzene rings is 1. The average molecular weight is 405 g/mol. The molecular weight excluding hydrogens is 388 g/mol. The Labute approximate surface area is 152 Å². The van der Waals surface area contributed by atoms with Gasteiger partial charge in [0.15, 0.2) is 5.16 Å². The topological polar surface area (TPSA) is 64.8 Å². The van der Waals surface area contributed by atoms with Crippen molar-refractivity contribution < 1.29 is 0 Å². The van der Waals surface area contributed by atoms with E-state index in [1.807, 2.05) is 12.3 Å². The van der Waals surface area contributed by atoms with Crippen LogP contribution in [0.3, 0.4) is 0 Å². The summed E-state index contributed by atoms with van der Waals surface area (Å²) in [4.78, 5) is 25.4. The van der Waals surface area contributed by atoms with Crippen LogP contribution in [-0.2, 0) is 19.5 Å². The number of thioether (sulfide) groups is 1. The van der Waals surface area contributed by atoms with Crippen molar-refractivity contribution in [1.29, 1.82) is 0 Å². The van der Waals surface area contributed by atoms with Gasteiger partial charge in [0.2, 0.25) is 0 Å². The zero-order chi connectivity index (χ0) is 16.7. The molecule has 7 heteroatoms. The van der Waals surface area contributed by atoms with E-state index in [1.165, 1.54) is 22.7 Å². The molecule has 4 rings (SSSR count). The molecule has 5 nitrogen and oxygen atoms in total. The molecule has 2 aromatic heterocycles. The zero-order valence-corrected chi connectivity index (χ0v) is 15.6. The van der Waals surface area contributed by atoms with Crippen LogP contribution in [0, 0.1) is 0 Å². The summed E-state index contributed by atoms with van der Waals surface area (Å²) in [6.07, 6.45) is 4.80. The number of hydrogen-bond donors (Lipinski definition) is 2. The fourth-order valence-electron chi connectivity index (χ4n) is 3.26. The third-order valence-corrected chi connectivity index (χ3v) is 5.69. The van der Waals surface area contributed by atoms with Crippen molar-refractivity contribution in [2.75, 3.05) is 12.8 Å². The largest absolute Gasteiger partial charge is 0.361 e. The summed E-state index contributed by atoms with van der Waals surface area (Å²) in [7, 11) is 0. The Morgan fingerprint density at radius 2 is 2.29 bits per heavy atom. The predicted octanol–water partition coefficient (Wildman–Crippen LogP) is 3.29. The van der Waals surface area contributed by atoms with Gasteiger partial charge in [0.05, 0.1) is 11.3 Å². The van der Waals surface area contributed by atoms with Gasteiger partial charge in [0, 0.05) is 47.6 Å². The van der Waals surface area contributed by atoms with Gasteiger partial charge in [0.1, 0.15) is 0 Å².